The fraction of sp³-hybridized carbons (Fsp3) is 0.562. The molecule has 0 aliphatic carbocycles. The standard InChI is InChI=1S/C16H22N2O5S2/c1-12-9-13(2)11-17(10-12)25(22,23)15-5-3-14(4-6-15)18-16(19)7-8-24(18,20)21/h3-6,12-13H,7-11H2,1-2H3/t12-,13+. The van der Waals surface area contributed by atoms with Crippen LogP contribution >= 0.6 is 0 Å². The van der Waals surface area contributed by atoms with Gasteiger partial charge in [-0.05, 0) is 42.5 Å². The summed E-state index contributed by atoms with van der Waals surface area (Å²) < 4.78 is 51.8. The van der Waals surface area contributed by atoms with Crippen LogP contribution in [0.4, 0.5) is 5.69 Å². The highest BCUT2D eigenvalue weighted by atomic mass is 32.2. The van der Waals surface area contributed by atoms with Gasteiger partial charge in [-0.1, -0.05) is 13.8 Å². The molecule has 2 heterocycles. The highest BCUT2D eigenvalue weighted by molar-refractivity contribution is 7.94. The van der Waals surface area contributed by atoms with Crippen LogP contribution in [0.15, 0.2) is 29.2 Å². The number of rotatable bonds is 3. The Bertz CT molecular complexity index is 868. The summed E-state index contributed by atoms with van der Waals surface area (Å²) in [6.07, 6.45) is 0.950. The largest absolute Gasteiger partial charge is 0.273 e. The van der Waals surface area contributed by atoms with Gasteiger partial charge in [-0.2, -0.15) is 4.31 Å². The Morgan fingerprint density at radius 1 is 1.04 bits per heavy atom. The van der Waals surface area contributed by atoms with Gasteiger partial charge in [0, 0.05) is 19.5 Å². The minimum Gasteiger partial charge on any atom is -0.273 e. The second-order valence-electron chi connectivity index (χ2n) is 6.99. The SMILES string of the molecule is C[C@@H]1C[C@H](C)CN(S(=O)(=O)c2ccc(N3C(=O)CCS3(=O)=O)cc2)C1. The van der Waals surface area contributed by atoms with Crippen LogP contribution in [0.2, 0.25) is 0 Å². The summed E-state index contributed by atoms with van der Waals surface area (Å²) in [6.45, 7) is 5.02. The van der Waals surface area contributed by atoms with E-state index in [2.05, 4.69) is 0 Å². The molecule has 1 aromatic rings. The van der Waals surface area contributed by atoms with E-state index in [0.717, 1.165) is 10.7 Å². The molecule has 0 bridgehead atoms. The lowest BCUT2D eigenvalue weighted by molar-refractivity contribution is -0.116. The molecule has 1 amide bonds. The van der Waals surface area contributed by atoms with E-state index in [9.17, 15) is 21.6 Å². The van der Waals surface area contributed by atoms with Gasteiger partial charge in [0.15, 0.2) is 0 Å². The Balaban J connectivity index is 1.88. The van der Waals surface area contributed by atoms with E-state index in [1.54, 1.807) is 0 Å². The quantitative estimate of drug-likeness (QED) is 0.783. The van der Waals surface area contributed by atoms with E-state index in [0.29, 0.717) is 24.9 Å². The molecule has 2 aliphatic heterocycles. The summed E-state index contributed by atoms with van der Waals surface area (Å²) >= 11 is 0. The van der Waals surface area contributed by atoms with Gasteiger partial charge in [0.25, 0.3) is 0 Å². The number of hydrogen-bond acceptors (Lipinski definition) is 5. The van der Waals surface area contributed by atoms with Crippen molar-refractivity contribution in [3.8, 4) is 0 Å². The molecule has 1 aromatic carbocycles. The van der Waals surface area contributed by atoms with Crippen molar-refractivity contribution in [2.75, 3.05) is 23.1 Å². The van der Waals surface area contributed by atoms with Crippen LogP contribution < -0.4 is 4.31 Å². The predicted molar refractivity (Wildman–Crippen MR) is 94.0 cm³/mol. The molecule has 2 saturated heterocycles. The smallest absolute Gasteiger partial charge is 0.243 e. The number of piperidine rings is 1. The second kappa shape index (κ2) is 6.37. The van der Waals surface area contributed by atoms with Gasteiger partial charge in [-0.15, -0.1) is 0 Å². The van der Waals surface area contributed by atoms with Crippen molar-refractivity contribution in [1.29, 1.82) is 0 Å². The zero-order valence-corrected chi connectivity index (χ0v) is 15.9. The third-order valence-corrected chi connectivity index (χ3v) is 8.16. The van der Waals surface area contributed by atoms with Crippen LogP contribution in [-0.4, -0.2) is 45.9 Å². The third kappa shape index (κ3) is 3.45. The summed E-state index contributed by atoms with van der Waals surface area (Å²) in [5, 5.41) is 0. The fourth-order valence-electron chi connectivity index (χ4n) is 3.57. The average Bonchev–Trinajstić information content (AvgIpc) is 2.80. The highest BCUT2D eigenvalue weighted by Crippen LogP contribution is 2.29. The van der Waals surface area contributed by atoms with Crippen LogP contribution in [0.1, 0.15) is 26.7 Å². The molecule has 2 atom stereocenters. The molecule has 0 spiro atoms. The first kappa shape index (κ1) is 18.3. The summed E-state index contributed by atoms with van der Waals surface area (Å²) in [5.41, 5.74) is 0.182. The topological polar surface area (TPSA) is 91.8 Å². The van der Waals surface area contributed by atoms with E-state index < -0.39 is 26.0 Å². The highest BCUT2D eigenvalue weighted by Gasteiger charge is 2.37. The first-order valence-corrected chi connectivity index (χ1v) is 11.3. The Morgan fingerprint density at radius 2 is 1.60 bits per heavy atom. The normalized spacial score (nSPS) is 27.6. The van der Waals surface area contributed by atoms with Gasteiger partial charge < -0.3 is 0 Å². The molecular weight excluding hydrogens is 364 g/mol. The summed E-state index contributed by atoms with van der Waals surface area (Å²) in [6, 6.07) is 5.50. The third-order valence-electron chi connectivity index (χ3n) is 4.62. The van der Waals surface area contributed by atoms with Crippen LogP contribution in [0.25, 0.3) is 0 Å². The Morgan fingerprint density at radius 3 is 2.08 bits per heavy atom. The molecule has 2 aliphatic rings. The zero-order valence-electron chi connectivity index (χ0n) is 14.3. The first-order chi connectivity index (χ1) is 11.6. The van der Waals surface area contributed by atoms with Gasteiger partial charge in [-0.3, -0.25) is 4.79 Å². The summed E-state index contributed by atoms with van der Waals surface area (Å²) in [5.74, 6) is -0.111. The summed E-state index contributed by atoms with van der Waals surface area (Å²) in [7, 11) is -7.28. The molecule has 0 aromatic heterocycles. The molecule has 2 fully saturated rings. The van der Waals surface area contributed by atoms with Gasteiger partial charge in [-0.25, -0.2) is 21.1 Å². The predicted octanol–water partition coefficient (Wildman–Crippen LogP) is 1.42. The minimum atomic E-state index is -3.65. The molecule has 25 heavy (non-hydrogen) atoms. The van der Waals surface area contributed by atoms with E-state index in [1.807, 2.05) is 13.8 Å². The molecule has 0 N–H and O–H groups in total. The molecule has 9 heteroatoms. The minimum absolute atomic E-state index is 0.0497. The maximum atomic E-state index is 12.8. The second-order valence-corrected chi connectivity index (χ2v) is 10.9. The van der Waals surface area contributed by atoms with E-state index in [1.165, 1.54) is 28.6 Å². The lowest BCUT2D eigenvalue weighted by atomic mass is 9.94. The van der Waals surface area contributed by atoms with Crippen LogP contribution in [-0.2, 0) is 24.8 Å². The number of hydrogen-bond donors (Lipinski definition) is 0. The van der Waals surface area contributed by atoms with Gasteiger partial charge in [0.05, 0.1) is 16.3 Å². The Hall–Kier alpha value is -1.45. The molecule has 0 saturated carbocycles. The first-order valence-electron chi connectivity index (χ1n) is 8.27. The van der Waals surface area contributed by atoms with Gasteiger partial charge in [0.2, 0.25) is 26.0 Å². The van der Waals surface area contributed by atoms with Crippen molar-refractivity contribution in [3.05, 3.63) is 24.3 Å². The molecule has 138 valence electrons. The average molecular weight is 386 g/mol. The Kier molecular flexibility index (Phi) is 4.67. The van der Waals surface area contributed by atoms with Crippen molar-refractivity contribution in [2.45, 2.75) is 31.6 Å². The molecular formula is C16H22N2O5S2. The number of carbonyl (C=O) groups is 1. The molecule has 7 nitrogen and oxygen atoms in total. The van der Waals surface area contributed by atoms with Gasteiger partial charge >= 0.3 is 0 Å². The van der Waals surface area contributed by atoms with Crippen LogP contribution in [0.5, 0.6) is 0 Å². The van der Waals surface area contributed by atoms with Crippen molar-refractivity contribution in [2.24, 2.45) is 11.8 Å². The number of sulfonamides is 2. The molecule has 3 rings (SSSR count). The maximum Gasteiger partial charge on any atom is 0.243 e. The van der Waals surface area contributed by atoms with E-state index >= 15 is 0 Å². The number of benzene rings is 1. The number of amides is 1. The lowest BCUT2D eigenvalue weighted by Crippen LogP contribution is -2.42. The van der Waals surface area contributed by atoms with E-state index in [-0.39, 0.29) is 22.8 Å². The zero-order chi connectivity index (χ0) is 18.4. The summed E-state index contributed by atoms with van der Waals surface area (Å²) in [4.78, 5) is 11.9. The lowest BCUT2D eigenvalue weighted by Gasteiger charge is -2.34. The number of anilines is 1. The van der Waals surface area contributed by atoms with Crippen LogP contribution in [0.3, 0.4) is 0 Å². The van der Waals surface area contributed by atoms with Crippen molar-refractivity contribution in [3.63, 3.8) is 0 Å². The number of nitrogens with zero attached hydrogens (tertiary/aromatic N) is 2. The van der Waals surface area contributed by atoms with Crippen molar-refractivity contribution >= 4 is 31.6 Å². The number of carbonyl (C=O) groups excluding carboxylic acids is 1. The maximum absolute atomic E-state index is 12.8. The fourth-order valence-corrected chi connectivity index (χ4v) is 6.71. The van der Waals surface area contributed by atoms with Crippen molar-refractivity contribution in [1.82, 2.24) is 4.31 Å². The molecule has 0 radical (unpaired) electrons. The van der Waals surface area contributed by atoms with Gasteiger partial charge in [0.1, 0.15) is 0 Å². The Labute approximate surface area is 148 Å². The van der Waals surface area contributed by atoms with Crippen LogP contribution in [0, 0.1) is 11.8 Å². The van der Waals surface area contributed by atoms with E-state index in [4.69, 9.17) is 0 Å². The monoisotopic (exact) mass is 386 g/mol. The molecule has 0 unspecified atom stereocenters. The van der Waals surface area contributed by atoms with Crippen molar-refractivity contribution < 1.29 is 21.6 Å².